The maximum absolute atomic E-state index is 11.8. The van der Waals surface area contributed by atoms with Gasteiger partial charge in [0.05, 0.1) is 17.2 Å². The lowest BCUT2D eigenvalue weighted by Crippen LogP contribution is -2.25. The van der Waals surface area contributed by atoms with Crippen LogP contribution in [-0.2, 0) is 9.53 Å². The molecule has 1 N–H and O–H groups in total. The van der Waals surface area contributed by atoms with E-state index in [-0.39, 0.29) is 11.9 Å². The van der Waals surface area contributed by atoms with Crippen molar-refractivity contribution in [3.63, 3.8) is 0 Å². The largest absolute Gasteiger partial charge is 0.466 e. The topological polar surface area (TPSA) is 55.4 Å². The lowest BCUT2D eigenvalue weighted by atomic mass is 10.1. The number of hydrogen-bond donors (Lipinski definition) is 1. The molecule has 0 heterocycles. The molecule has 1 aromatic carbocycles. The van der Waals surface area contributed by atoms with Crippen molar-refractivity contribution < 1.29 is 14.3 Å². The molecule has 4 nitrogen and oxygen atoms in total. The van der Waals surface area contributed by atoms with Gasteiger partial charge in [0.25, 0.3) is 5.91 Å². The lowest BCUT2D eigenvalue weighted by Gasteiger charge is -2.07. The Hall–Kier alpha value is -1.55. The number of rotatable bonds is 6. The van der Waals surface area contributed by atoms with Crippen LogP contribution in [0.5, 0.6) is 0 Å². The predicted molar refractivity (Wildman–Crippen MR) is 74.4 cm³/mol. The summed E-state index contributed by atoms with van der Waals surface area (Å²) in [5.74, 6) is -0.473. The van der Waals surface area contributed by atoms with Crippen LogP contribution < -0.4 is 5.32 Å². The molecule has 1 aromatic rings. The second kappa shape index (κ2) is 7.79. The molecule has 104 valence electrons. The summed E-state index contributed by atoms with van der Waals surface area (Å²) in [5, 5.41) is 3.16. The molecule has 0 unspecified atom stereocenters. The monoisotopic (exact) mass is 283 g/mol. The number of nitrogens with one attached hydrogen (secondary N) is 1. The van der Waals surface area contributed by atoms with Crippen LogP contribution in [0.3, 0.4) is 0 Å². The smallest absolute Gasteiger partial charge is 0.305 e. The van der Waals surface area contributed by atoms with Gasteiger partial charge < -0.3 is 10.1 Å². The van der Waals surface area contributed by atoms with Gasteiger partial charge in [-0.2, -0.15) is 0 Å². The summed E-state index contributed by atoms with van der Waals surface area (Å²) in [7, 11) is 0. The fourth-order valence-electron chi connectivity index (χ4n) is 1.57. The van der Waals surface area contributed by atoms with Crippen LogP contribution in [0.25, 0.3) is 0 Å². The third kappa shape index (κ3) is 5.30. The van der Waals surface area contributed by atoms with Crippen LogP contribution in [0.2, 0.25) is 5.02 Å². The van der Waals surface area contributed by atoms with Gasteiger partial charge in [-0.25, -0.2) is 0 Å². The van der Waals surface area contributed by atoms with Crippen molar-refractivity contribution in [3.05, 3.63) is 34.3 Å². The van der Waals surface area contributed by atoms with Crippen molar-refractivity contribution in [3.8, 4) is 0 Å². The van der Waals surface area contributed by atoms with E-state index in [1.54, 1.807) is 19.1 Å². The highest BCUT2D eigenvalue weighted by atomic mass is 35.5. The first-order chi connectivity index (χ1) is 9.04. The molecule has 0 fully saturated rings. The van der Waals surface area contributed by atoms with Crippen molar-refractivity contribution in [2.75, 3.05) is 13.2 Å². The number of amides is 1. The third-order valence-electron chi connectivity index (χ3n) is 2.52. The van der Waals surface area contributed by atoms with E-state index in [2.05, 4.69) is 5.32 Å². The van der Waals surface area contributed by atoms with Crippen molar-refractivity contribution in [2.24, 2.45) is 0 Å². The van der Waals surface area contributed by atoms with E-state index in [4.69, 9.17) is 16.3 Å². The minimum absolute atomic E-state index is 0.228. The van der Waals surface area contributed by atoms with E-state index in [9.17, 15) is 9.59 Å². The molecule has 0 atom stereocenters. The standard InChI is InChI=1S/C14H18ClNO3/c1-3-19-13(17)5-4-8-16-14(18)11-7-6-10(2)9-12(11)15/h6-7,9H,3-5,8H2,1-2H3,(H,16,18). The normalized spacial score (nSPS) is 10.1. The van der Waals surface area contributed by atoms with Crippen molar-refractivity contribution in [1.29, 1.82) is 0 Å². The molecule has 1 rings (SSSR count). The van der Waals surface area contributed by atoms with Crippen LogP contribution in [0.15, 0.2) is 18.2 Å². The fourth-order valence-corrected chi connectivity index (χ4v) is 1.89. The summed E-state index contributed by atoms with van der Waals surface area (Å²) in [4.78, 5) is 22.9. The van der Waals surface area contributed by atoms with Gasteiger partial charge in [0.1, 0.15) is 0 Å². The summed E-state index contributed by atoms with van der Waals surface area (Å²) in [6.07, 6.45) is 0.851. The first-order valence-electron chi connectivity index (χ1n) is 6.24. The van der Waals surface area contributed by atoms with Gasteiger partial charge in [-0.15, -0.1) is 0 Å². The predicted octanol–water partition coefficient (Wildman–Crippen LogP) is 2.72. The van der Waals surface area contributed by atoms with Gasteiger partial charge in [-0.1, -0.05) is 17.7 Å². The Morgan fingerprint density at radius 2 is 2.11 bits per heavy atom. The molecule has 19 heavy (non-hydrogen) atoms. The molecule has 0 aliphatic rings. The first kappa shape index (κ1) is 15.5. The molecule has 0 bridgehead atoms. The molecule has 0 aliphatic carbocycles. The highest BCUT2D eigenvalue weighted by Gasteiger charge is 2.10. The summed E-state index contributed by atoms with van der Waals surface area (Å²) in [5.41, 5.74) is 1.45. The second-order valence-corrected chi connectivity index (χ2v) is 4.55. The van der Waals surface area contributed by atoms with Crippen molar-refractivity contribution in [1.82, 2.24) is 5.32 Å². The van der Waals surface area contributed by atoms with E-state index in [1.807, 2.05) is 13.0 Å². The van der Waals surface area contributed by atoms with Gasteiger partial charge in [-0.3, -0.25) is 9.59 Å². The Morgan fingerprint density at radius 3 is 2.74 bits per heavy atom. The minimum Gasteiger partial charge on any atom is -0.466 e. The van der Waals surface area contributed by atoms with Crippen molar-refractivity contribution in [2.45, 2.75) is 26.7 Å². The number of benzene rings is 1. The third-order valence-corrected chi connectivity index (χ3v) is 2.83. The van der Waals surface area contributed by atoms with E-state index in [0.717, 1.165) is 5.56 Å². The van der Waals surface area contributed by atoms with Gasteiger partial charge in [0.2, 0.25) is 0 Å². The zero-order chi connectivity index (χ0) is 14.3. The van der Waals surface area contributed by atoms with Crippen LogP contribution in [-0.4, -0.2) is 25.0 Å². The lowest BCUT2D eigenvalue weighted by molar-refractivity contribution is -0.143. The number of carbonyl (C=O) groups is 2. The molecule has 1 amide bonds. The summed E-state index contributed by atoms with van der Waals surface area (Å²) >= 11 is 5.99. The number of ether oxygens (including phenoxy) is 1. The Bertz CT molecular complexity index is 460. The molecular weight excluding hydrogens is 266 g/mol. The van der Waals surface area contributed by atoms with Crippen LogP contribution in [0.4, 0.5) is 0 Å². The Balaban J connectivity index is 2.37. The summed E-state index contributed by atoms with van der Waals surface area (Å²) < 4.78 is 4.79. The van der Waals surface area contributed by atoms with Crippen LogP contribution >= 0.6 is 11.6 Å². The van der Waals surface area contributed by atoms with Gasteiger partial charge in [0.15, 0.2) is 0 Å². The Kier molecular flexibility index (Phi) is 6.36. The molecule has 0 radical (unpaired) electrons. The highest BCUT2D eigenvalue weighted by Crippen LogP contribution is 2.17. The molecule has 0 spiro atoms. The summed E-state index contributed by atoms with van der Waals surface area (Å²) in [6.45, 7) is 4.47. The van der Waals surface area contributed by atoms with Gasteiger partial charge in [-0.05, 0) is 38.0 Å². The fraction of sp³-hybridized carbons (Fsp3) is 0.429. The van der Waals surface area contributed by atoms with E-state index in [0.29, 0.717) is 36.6 Å². The molecular formula is C14H18ClNO3. The Morgan fingerprint density at radius 1 is 1.37 bits per heavy atom. The maximum Gasteiger partial charge on any atom is 0.305 e. The molecule has 0 aliphatic heterocycles. The van der Waals surface area contributed by atoms with E-state index < -0.39 is 0 Å². The SMILES string of the molecule is CCOC(=O)CCCNC(=O)c1ccc(C)cc1Cl. The number of carbonyl (C=O) groups excluding carboxylic acids is 2. The summed E-state index contributed by atoms with van der Waals surface area (Å²) in [6, 6.07) is 5.27. The first-order valence-corrected chi connectivity index (χ1v) is 6.62. The second-order valence-electron chi connectivity index (χ2n) is 4.15. The molecule has 5 heteroatoms. The quantitative estimate of drug-likeness (QED) is 0.645. The van der Waals surface area contributed by atoms with Gasteiger partial charge in [0, 0.05) is 13.0 Å². The van der Waals surface area contributed by atoms with Crippen LogP contribution in [0.1, 0.15) is 35.7 Å². The van der Waals surface area contributed by atoms with Crippen LogP contribution in [0, 0.1) is 6.92 Å². The highest BCUT2D eigenvalue weighted by molar-refractivity contribution is 6.33. The molecule has 0 saturated heterocycles. The number of aryl methyl sites for hydroxylation is 1. The number of esters is 1. The zero-order valence-corrected chi connectivity index (χ0v) is 11.9. The number of halogens is 1. The average Bonchev–Trinajstić information content (AvgIpc) is 2.34. The number of hydrogen-bond acceptors (Lipinski definition) is 3. The Labute approximate surface area is 118 Å². The van der Waals surface area contributed by atoms with E-state index in [1.165, 1.54) is 0 Å². The molecule has 0 aromatic heterocycles. The van der Waals surface area contributed by atoms with E-state index >= 15 is 0 Å². The maximum atomic E-state index is 11.8. The zero-order valence-electron chi connectivity index (χ0n) is 11.2. The van der Waals surface area contributed by atoms with Gasteiger partial charge >= 0.3 is 5.97 Å². The average molecular weight is 284 g/mol. The van der Waals surface area contributed by atoms with Crippen molar-refractivity contribution >= 4 is 23.5 Å². The minimum atomic E-state index is -0.245. The molecule has 0 saturated carbocycles.